The van der Waals surface area contributed by atoms with Gasteiger partial charge in [-0.25, -0.2) is 0 Å². The van der Waals surface area contributed by atoms with Crippen LogP contribution in [0.5, 0.6) is 0 Å². The van der Waals surface area contributed by atoms with Crippen molar-refractivity contribution < 1.29 is 0 Å². The molecule has 0 atom stereocenters. The summed E-state index contributed by atoms with van der Waals surface area (Å²) in [4.78, 5) is 5.89. The fourth-order valence-corrected chi connectivity index (χ4v) is 2.58. The number of nitrogens with one attached hydrogen (secondary N) is 3. The second kappa shape index (κ2) is 12.9. The number of nitrogens with zero attached hydrogens (tertiary/aromatic N) is 1. The number of rotatable bonds is 8. The van der Waals surface area contributed by atoms with Crippen LogP contribution >= 0.6 is 35.7 Å². The minimum absolute atomic E-state index is 0. The SMILES string of the molecule is CCNC(=NCCNC(C)(C)C)NCCSc1ccccc1.I. The monoisotopic (exact) mass is 450 g/mol. The van der Waals surface area contributed by atoms with E-state index in [1.807, 2.05) is 17.8 Å². The second-order valence-electron chi connectivity index (χ2n) is 6.03. The molecule has 132 valence electrons. The number of guanidine groups is 1. The zero-order valence-electron chi connectivity index (χ0n) is 14.7. The lowest BCUT2D eigenvalue weighted by molar-refractivity contribution is 0.432. The van der Waals surface area contributed by atoms with Gasteiger partial charge in [0, 0.05) is 35.8 Å². The van der Waals surface area contributed by atoms with E-state index >= 15 is 0 Å². The van der Waals surface area contributed by atoms with Crippen molar-refractivity contribution in [1.29, 1.82) is 0 Å². The van der Waals surface area contributed by atoms with Crippen molar-refractivity contribution in [3.63, 3.8) is 0 Å². The van der Waals surface area contributed by atoms with E-state index in [1.165, 1.54) is 4.90 Å². The van der Waals surface area contributed by atoms with Crippen molar-refractivity contribution in [2.24, 2.45) is 4.99 Å². The van der Waals surface area contributed by atoms with Crippen LogP contribution in [-0.2, 0) is 0 Å². The zero-order valence-corrected chi connectivity index (χ0v) is 17.8. The van der Waals surface area contributed by atoms with Crippen molar-refractivity contribution in [2.75, 3.05) is 31.9 Å². The predicted octanol–water partition coefficient (Wildman–Crippen LogP) is 3.34. The molecule has 0 radical (unpaired) electrons. The Morgan fingerprint density at radius 3 is 2.39 bits per heavy atom. The molecule has 0 heterocycles. The number of aliphatic imine (C=N–C) groups is 1. The van der Waals surface area contributed by atoms with Crippen LogP contribution in [0.1, 0.15) is 27.7 Å². The highest BCUT2D eigenvalue weighted by atomic mass is 127. The van der Waals surface area contributed by atoms with Gasteiger partial charge in [-0.05, 0) is 39.8 Å². The molecule has 0 saturated heterocycles. The highest BCUT2D eigenvalue weighted by Gasteiger charge is 2.07. The van der Waals surface area contributed by atoms with Gasteiger partial charge in [-0.1, -0.05) is 18.2 Å². The standard InChI is InChI=1S/C17H30N4S.HI/c1-5-18-16(19-11-12-21-17(2,3)4)20-13-14-22-15-9-7-6-8-10-15;/h6-10,21H,5,11-14H2,1-4H3,(H2,18,19,20);1H. The van der Waals surface area contributed by atoms with Crippen LogP contribution in [0, 0.1) is 0 Å². The van der Waals surface area contributed by atoms with E-state index in [0.717, 1.165) is 37.9 Å². The van der Waals surface area contributed by atoms with Crippen LogP contribution in [0.3, 0.4) is 0 Å². The predicted molar refractivity (Wildman–Crippen MR) is 114 cm³/mol. The van der Waals surface area contributed by atoms with E-state index in [0.29, 0.717) is 0 Å². The van der Waals surface area contributed by atoms with Crippen LogP contribution < -0.4 is 16.0 Å². The number of halogens is 1. The summed E-state index contributed by atoms with van der Waals surface area (Å²) >= 11 is 1.85. The Kier molecular flexibility index (Phi) is 12.6. The molecule has 0 fully saturated rings. The van der Waals surface area contributed by atoms with Gasteiger partial charge in [-0.3, -0.25) is 4.99 Å². The molecule has 0 aromatic heterocycles. The lowest BCUT2D eigenvalue weighted by Crippen LogP contribution is -2.40. The van der Waals surface area contributed by atoms with Crippen molar-refractivity contribution >= 4 is 41.7 Å². The van der Waals surface area contributed by atoms with Crippen molar-refractivity contribution in [1.82, 2.24) is 16.0 Å². The van der Waals surface area contributed by atoms with E-state index in [9.17, 15) is 0 Å². The Morgan fingerprint density at radius 2 is 1.78 bits per heavy atom. The molecule has 4 nitrogen and oxygen atoms in total. The topological polar surface area (TPSA) is 48.5 Å². The molecule has 0 aliphatic heterocycles. The van der Waals surface area contributed by atoms with Crippen LogP contribution in [0.2, 0.25) is 0 Å². The number of benzene rings is 1. The van der Waals surface area contributed by atoms with Crippen LogP contribution in [0.25, 0.3) is 0 Å². The average Bonchev–Trinajstić information content (AvgIpc) is 2.48. The molecule has 1 aromatic rings. The Morgan fingerprint density at radius 1 is 1.09 bits per heavy atom. The molecule has 0 saturated carbocycles. The maximum atomic E-state index is 4.58. The summed E-state index contributed by atoms with van der Waals surface area (Å²) < 4.78 is 0. The fourth-order valence-electron chi connectivity index (χ4n) is 1.80. The van der Waals surface area contributed by atoms with E-state index in [1.54, 1.807) is 0 Å². The summed E-state index contributed by atoms with van der Waals surface area (Å²) in [6, 6.07) is 10.5. The van der Waals surface area contributed by atoms with Gasteiger partial charge in [0.1, 0.15) is 0 Å². The van der Waals surface area contributed by atoms with E-state index < -0.39 is 0 Å². The third-order valence-electron chi connectivity index (χ3n) is 2.79. The second-order valence-corrected chi connectivity index (χ2v) is 7.19. The quantitative estimate of drug-likeness (QED) is 0.187. The van der Waals surface area contributed by atoms with Gasteiger partial charge in [-0.15, -0.1) is 35.7 Å². The van der Waals surface area contributed by atoms with E-state index in [4.69, 9.17) is 0 Å². The molecule has 1 rings (SSSR count). The van der Waals surface area contributed by atoms with Gasteiger partial charge in [0.25, 0.3) is 0 Å². The first kappa shape index (κ1) is 22.5. The number of hydrogen-bond acceptors (Lipinski definition) is 3. The minimum Gasteiger partial charge on any atom is -0.357 e. The molecular weight excluding hydrogens is 419 g/mol. The van der Waals surface area contributed by atoms with Crippen molar-refractivity contribution in [2.45, 2.75) is 38.1 Å². The molecule has 23 heavy (non-hydrogen) atoms. The molecular formula is C17H31IN4S. The van der Waals surface area contributed by atoms with Crippen LogP contribution in [-0.4, -0.2) is 43.4 Å². The molecule has 0 aliphatic rings. The lowest BCUT2D eigenvalue weighted by Gasteiger charge is -2.20. The molecule has 0 aliphatic carbocycles. The Hall–Kier alpha value is -0.470. The Labute approximate surface area is 162 Å². The summed E-state index contributed by atoms with van der Waals surface area (Å²) in [5, 5.41) is 10.1. The molecule has 0 unspecified atom stereocenters. The number of hydrogen-bond donors (Lipinski definition) is 3. The smallest absolute Gasteiger partial charge is 0.191 e. The fraction of sp³-hybridized carbons (Fsp3) is 0.588. The van der Waals surface area contributed by atoms with Gasteiger partial charge >= 0.3 is 0 Å². The summed E-state index contributed by atoms with van der Waals surface area (Å²) in [5.74, 6) is 1.92. The van der Waals surface area contributed by atoms with Crippen LogP contribution in [0.15, 0.2) is 40.2 Å². The highest BCUT2D eigenvalue weighted by Crippen LogP contribution is 2.15. The summed E-state index contributed by atoms with van der Waals surface area (Å²) in [6.07, 6.45) is 0. The van der Waals surface area contributed by atoms with Gasteiger partial charge in [-0.2, -0.15) is 0 Å². The molecule has 0 spiro atoms. The van der Waals surface area contributed by atoms with Crippen molar-refractivity contribution in [3.05, 3.63) is 30.3 Å². The summed E-state index contributed by atoms with van der Waals surface area (Å²) in [7, 11) is 0. The van der Waals surface area contributed by atoms with Gasteiger partial charge in [0.15, 0.2) is 5.96 Å². The summed E-state index contributed by atoms with van der Waals surface area (Å²) in [5.41, 5.74) is 0.146. The van der Waals surface area contributed by atoms with Crippen molar-refractivity contribution in [3.8, 4) is 0 Å². The van der Waals surface area contributed by atoms with Gasteiger partial charge in [0.2, 0.25) is 0 Å². The zero-order chi connectivity index (χ0) is 16.3. The van der Waals surface area contributed by atoms with E-state index in [2.05, 4.69) is 72.9 Å². The largest absolute Gasteiger partial charge is 0.357 e. The first-order chi connectivity index (χ1) is 10.5. The Bertz CT molecular complexity index is 432. The average molecular weight is 450 g/mol. The minimum atomic E-state index is 0. The Balaban J connectivity index is 0.00000484. The highest BCUT2D eigenvalue weighted by molar-refractivity contribution is 14.0. The molecule has 0 amide bonds. The first-order valence-corrected chi connectivity index (χ1v) is 8.95. The van der Waals surface area contributed by atoms with Gasteiger partial charge < -0.3 is 16.0 Å². The maximum Gasteiger partial charge on any atom is 0.191 e. The van der Waals surface area contributed by atoms with Gasteiger partial charge in [0.05, 0.1) is 6.54 Å². The number of thioether (sulfide) groups is 1. The third kappa shape index (κ3) is 12.6. The molecule has 3 N–H and O–H groups in total. The third-order valence-corrected chi connectivity index (χ3v) is 3.80. The van der Waals surface area contributed by atoms with Crippen LogP contribution in [0.4, 0.5) is 0 Å². The molecule has 0 bridgehead atoms. The van der Waals surface area contributed by atoms with E-state index in [-0.39, 0.29) is 29.5 Å². The maximum absolute atomic E-state index is 4.58. The lowest BCUT2D eigenvalue weighted by atomic mass is 10.1. The summed E-state index contributed by atoms with van der Waals surface area (Å²) in [6.45, 7) is 12.0. The normalized spacial score (nSPS) is 11.7. The molecule has 6 heteroatoms. The first-order valence-electron chi connectivity index (χ1n) is 7.96. The molecule has 1 aromatic carbocycles.